The van der Waals surface area contributed by atoms with Crippen LogP contribution < -0.4 is 0 Å². The Balaban J connectivity index is 1.59. The highest BCUT2D eigenvalue weighted by Crippen LogP contribution is 2.30. The van der Waals surface area contributed by atoms with Crippen LogP contribution in [0, 0.1) is 11.3 Å². The van der Waals surface area contributed by atoms with E-state index >= 15 is 0 Å². The van der Waals surface area contributed by atoms with Crippen molar-refractivity contribution in [1.82, 2.24) is 9.88 Å². The normalized spacial score (nSPS) is 16.0. The number of nitriles is 1. The van der Waals surface area contributed by atoms with Gasteiger partial charge in [0.25, 0.3) is 0 Å². The molecule has 1 aromatic heterocycles. The van der Waals surface area contributed by atoms with Crippen LogP contribution >= 0.6 is 11.3 Å². The SMILES string of the molecule is CC(c1ccc2scnc2c1)N1CCc2cc(C#N)ccc2C1. The van der Waals surface area contributed by atoms with Crippen LogP contribution in [0.2, 0.25) is 0 Å². The summed E-state index contributed by atoms with van der Waals surface area (Å²) in [6, 6.07) is 15.3. The highest BCUT2D eigenvalue weighted by Gasteiger charge is 2.22. The maximum atomic E-state index is 9.03. The average molecular weight is 319 g/mol. The summed E-state index contributed by atoms with van der Waals surface area (Å²) in [5.41, 5.74) is 7.75. The van der Waals surface area contributed by atoms with Crippen molar-refractivity contribution in [3.8, 4) is 6.07 Å². The van der Waals surface area contributed by atoms with E-state index in [0.29, 0.717) is 6.04 Å². The molecule has 23 heavy (non-hydrogen) atoms. The number of thiazole rings is 1. The van der Waals surface area contributed by atoms with Crippen molar-refractivity contribution in [3.05, 3.63) is 64.2 Å². The zero-order chi connectivity index (χ0) is 15.8. The molecule has 0 saturated carbocycles. The lowest BCUT2D eigenvalue weighted by Gasteiger charge is -2.34. The Labute approximate surface area is 139 Å². The molecule has 3 nitrogen and oxygen atoms in total. The Morgan fingerprint density at radius 2 is 2.13 bits per heavy atom. The molecular weight excluding hydrogens is 302 g/mol. The van der Waals surface area contributed by atoms with E-state index in [1.807, 2.05) is 17.6 Å². The molecule has 0 aliphatic carbocycles. The molecule has 1 aliphatic heterocycles. The van der Waals surface area contributed by atoms with Gasteiger partial charge in [0.05, 0.1) is 27.4 Å². The van der Waals surface area contributed by atoms with Crippen molar-refractivity contribution >= 4 is 21.6 Å². The number of nitrogens with zero attached hydrogens (tertiary/aromatic N) is 3. The van der Waals surface area contributed by atoms with Gasteiger partial charge in [-0.2, -0.15) is 5.26 Å². The summed E-state index contributed by atoms with van der Waals surface area (Å²) in [6.45, 7) is 4.23. The van der Waals surface area contributed by atoms with Crippen LogP contribution in [0.15, 0.2) is 41.9 Å². The van der Waals surface area contributed by atoms with E-state index in [4.69, 9.17) is 5.26 Å². The fourth-order valence-electron chi connectivity index (χ4n) is 3.32. The molecule has 2 aromatic carbocycles. The van der Waals surface area contributed by atoms with E-state index in [1.165, 1.54) is 21.4 Å². The van der Waals surface area contributed by atoms with Crippen LogP contribution in [0.5, 0.6) is 0 Å². The molecule has 114 valence electrons. The molecule has 0 spiro atoms. The monoisotopic (exact) mass is 319 g/mol. The standard InChI is InChI=1S/C19H17N3S/c1-13(15-4-5-19-18(9-15)21-12-23-19)22-7-6-16-8-14(10-20)2-3-17(16)11-22/h2-5,8-9,12-13H,6-7,11H2,1H3. The minimum atomic E-state index is 0.366. The lowest BCUT2D eigenvalue weighted by Crippen LogP contribution is -2.32. The molecule has 0 amide bonds. The number of hydrogen-bond donors (Lipinski definition) is 0. The minimum absolute atomic E-state index is 0.366. The van der Waals surface area contributed by atoms with Crippen LogP contribution in [0.3, 0.4) is 0 Å². The second kappa shape index (κ2) is 5.77. The fraction of sp³-hybridized carbons (Fsp3) is 0.263. The van der Waals surface area contributed by atoms with E-state index in [-0.39, 0.29) is 0 Å². The molecule has 0 bridgehead atoms. The maximum absolute atomic E-state index is 9.03. The molecule has 4 rings (SSSR count). The van der Waals surface area contributed by atoms with E-state index in [9.17, 15) is 0 Å². The van der Waals surface area contributed by atoms with Crippen LogP contribution in [-0.2, 0) is 13.0 Å². The summed E-state index contributed by atoms with van der Waals surface area (Å²) in [5.74, 6) is 0. The Morgan fingerprint density at radius 1 is 1.22 bits per heavy atom. The molecule has 0 fully saturated rings. The van der Waals surface area contributed by atoms with Crippen molar-refractivity contribution in [1.29, 1.82) is 5.26 Å². The van der Waals surface area contributed by atoms with Gasteiger partial charge in [0, 0.05) is 19.1 Å². The van der Waals surface area contributed by atoms with Crippen molar-refractivity contribution in [2.75, 3.05) is 6.54 Å². The molecule has 3 aromatic rings. The first kappa shape index (κ1) is 14.4. The predicted octanol–water partition coefficient (Wildman–Crippen LogP) is 4.29. The van der Waals surface area contributed by atoms with Gasteiger partial charge in [-0.15, -0.1) is 11.3 Å². The number of aromatic nitrogens is 1. The third-order valence-corrected chi connectivity index (χ3v) is 5.57. The van der Waals surface area contributed by atoms with Gasteiger partial charge in [0.2, 0.25) is 0 Å². The van der Waals surface area contributed by atoms with Gasteiger partial charge in [-0.1, -0.05) is 12.1 Å². The van der Waals surface area contributed by atoms with Crippen LogP contribution in [0.4, 0.5) is 0 Å². The zero-order valence-electron chi connectivity index (χ0n) is 13.0. The number of fused-ring (bicyclic) bond motifs is 2. The Morgan fingerprint density at radius 3 is 3.00 bits per heavy atom. The molecular formula is C19H17N3S. The summed E-state index contributed by atoms with van der Waals surface area (Å²) in [6.07, 6.45) is 1.01. The number of hydrogen-bond acceptors (Lipinski definition) is 4. The molecule has 1 unspecified atom stereocenters. The summed E-state index contributed by atoms with van der Waals surface area (Å²) in [5, 5.41) is 9.03. The van der Waals surface area contributed by atoms with Crippen molar-refractivity contribution < 1.29 is 0 Å². The molecule has 0 N–H and O–H groups in total. The fourth-order valence-corrected chi connectivity index (χ4v) is 3.98. The quantitative estimate of drug-likeness (QED) is 0.707. The molecule has 0 saturated heterocycles. The molecule has 4 heteroatoms. The van der Waals surface area contributed by atoms with Crippen molar-refractivity contribution in [2.45, 2.75) is 25.9 Å². The van der Waals surface area contributed by atoms with Crippen LogP contribution in [-0.4, -0.2) is 16.4 Å². The highest BCUT2D eigenvalue weighted by molar-refractivity contribution is 7.16. The van der Waals surface area contributed by atoms with Gasteiger partial charge >= 0.3 is 0 Å². The first-order valence-electron chi connectivity index (χ1n) is 7.84. The summed E-state index contributed by atoms with van der Waals surface area (Å²) in [7, 11) is 0. The second-order valence-corrected chi connectivity index (χ2v) is 6.96. The maximum Gasteiger partial charge on any atom is 0.0991 e. The molecule has 2 heterocycles. The second-order valence-electron chi connectivity index (χ2n) is 6.07. The van der Waals surface area contributed by atoms with Crippen molar-refractivity contribution in [2.24, 2.45) is 0 Å². The van der Waals surface area contributed by atoms with E-state index in [2.05, 4.69) is 47.1 Å². The lowest BCUT2D eigenvalue weighted by molar-refractivity contribution is 0.192. The molecule has 1 atom stereocenters. The lowest BCUT2D eigenvalue weighted by atomic mass is 9.95. The van der Waals surface area contributed by atoms with E-state index in [1.54, 1.807) is 11.3 Å². The summed E-state index contributed by atoms with van der Waals surface area (Å²) in [4.78, 5) is 6.93. The summed E-state index contributed by atoms with van der Waals surface area (Å²) >= 11 is 1.69. The van der Waals surface area contributed by atoms with E-state index in [0.717, 1.165) is 30.6 Å². The topological polar surface area (TPSA) is 39.9 Å². The van der Waals surface area contributed by atoms with Gasteiger partial charge < -0.3 is 0 Å². The summed E-state index contributed by atoms with van der Waals surface area (Å²) < 4.78 is 1.24. The number of rotatable bonds is 2. The van der Waals surface area contributed by atoms with Gasteiger partial charge in [0.15, 0.2) is 0 Å². The first-order valence-corrected chi connectivity index (χ1v) is 8.71. The highest BCUT2D eigenvalue weighted by atomic mass is 32.1. The smallest absolute Gasteiger partial charge is 0.0991 e. The molecule has 0 radical (unpaired) electrons. The average Bonchev–Trinajstić information content (AvgIpc) is 3.07. The Hall–Kier alpha value is -2.22. The van der Waals surface area contributed by atoms with Crippen LogP contribution in [0.25, 0.3) is 10.2 Å². The molecule has 1 aliphatic rings. The minimum Gasteiger partial charge on any atom is -0.292 e. The third kappa shape index (κ3) is 2.63. The predicted molar refractivity (Wildman–Crippen MR) is 93.3 cm³/mol. The van der Waals surface area contributed by atoms with Gasteiger partial charge in [-0.25, -0.2) is 4.98 Å². The van der Waals surface area contributed by atoms with Crippen LogP contribution in [0.1, 0.15) is 35.2 Å². The number of benzene rings is 2. The van der Waals surface area contributed by atoms with Crippen molar-refractivity contribution in [3.63, 3.8) is 0 Å². The van der Waals surface area contributed by atoms with Gasteiger partial charge in [0.1, 0.15) is 0 Å². The third-order valence-electron chi connectivity index (χ3n) is 4.76. The van der Waals surface area contributed by atoms with E-state index < -0.39 is 0 Å². The largest absolute Gasteiger partial charge is 0.292 e. The zero-order valence-corrected chi connectivity index (χ0v) is 13.8. The first-order chi connectivity index (χ1) is 11.2. The van der Waals surface area contributed by atoms with Gasteiger partial charge in [-0.05, 0) is 54.3 Å². The van der Waals surface area contributed by atoms with Gasteiger partial charge in [-0.3, -0.25) is 4.90 Å². The Kier molecular flexibility index (Phi) is 3.60. The Bertz CT molecular complexity index is 906.